The van der Waals surface area contributed by atoms with Crippen LogP contribution in [0.25, 0.3) is 11.3 Å². The zero-order valence-electron chi connectivity index (χ0n) is 11.6. The van der Waals surface area contributed by atoms with E-state index in [1.54, 1.807) is 7.05 Å². The third-order valence-corrected chi connectivity index (χ3v) is 3.08. The molecule has 0 fully saturated rings. The van der Waals surface area contributed by atoms with Gasteiger partial charge in [0, 0.05) is 12.6 Å². The molecule has 0 saturated carbocycles. The van der Waals surface area contributed by atoms with Gasteiger partial charge in [0.2, 0.25) is 0 Å². The van der Waals surface area contributed by atoms with Crippen LogP contribution in [0.4, 0.5) is 5.82 Å². The Balaban J connectivity index is 2.47. The highest BCUT2D eigenvalue weighted by molar-refractivity contribution is 5.68. The summed E-state index contributed by atoms with van der Waals surface area (Å²) in [7, 11) is 1.66. The Morgan fingerprint density at radius 2 is 1.68 bits per heavy atom. The summed E-state index contributed by atoms with van der Waals surface area (Å²) >= 11 is 0. The number of nitrogens with zero attached hydrogens (tertiary/aromatic N) is 4. The van der Waals surface area contributed by atoms with Crippen LogP contribution in [0.3, 0.4) is 0 Å². The molecule has 19 heavy (non-hydrogen) atoms. The van der Waals surface area contributed by atoms with E-state index in [2.05, 4.69) is 43.1 Å². The summed E-state index contributed by atoms with van der Waals surface area (Å²) in [6.07, 6.45) is 2.00. The van der Waals surface area contributed by atoms with Gasteiger partial charge in [0.05, 0.1) is 5.69 Å². The highest BCUT2D eigenvalue weighted by Crippen LogP contribution is 2.26. The normalized spacial score (nSPS) is 10.1. The van der Waals surface area contributed by atoms with E-state index >= 15 is 0 Å². The molecule has 0 atom stereocenters. The summed E-state index contributed by atoms with van der Waals surface area (Å²) in [4.78, 5) is 1.38. The van der Waals surface area contributed by atoms with Gasteiger partial charge in [0.25, 0.3) is 0 Å². The molecule has 4 heteroatoms. The molecule has 2 aromatic rings. The van der Waals surface area contributed by atoms with Crippen LogP contribution in [-0.2, 0) is 0 Å². The summed E-state index contributed by atoms with van der Waals surface area (Å²) in [5.74, 6) is 0.550. The highest BCUT2D eigenvalue weighted by atomic mass is 15.2. The number of aromatic nitrogens is 2. The number of anilines is 1. The molecule has 1 heterocycles. The lowest BCUT2D eigenvalue weighted by molar-refractivity contribution is 0.991. The minimum Gasteiger partial charge on any atom is -0.265 e. The van der Waals surface area contributed by atoms with Gasteiger partial charge in [-0.15, -0.1) is 10.2 Å². The Morgan fingerprint density at radius 3 is 2.16 bits per heavy atom. The van der Waals surface area contributed by atoms with Crippen LogP contribution in [0, 0.1) is 32.2 Å². The van der Waals surface area contributed by atoms with E-state index in [1.807, 2.05) is 18.3 Å². The van der Waals surface area contributed by atoms with Gasteiger partial charge in [0.15, 0.2) is 12.0 Å². The van der Waals surface area contributed by atoms with Crippen LogP contribution in [0.2, 0.25) is 0 Å². The quantitative estimate of drug-likeness (QED) is 0.609. The summed E-state index contributed by atoms with van der Waals surface area (Å²) in [6, 6.07) is 7.99. The topological polar surface area (TPSA) is 52.8 Å². The summed E-state index contributed by atoms with van der Waals surface area (Å²) < 4.78 is 0. The lowest BCUT2D eigenvalue weighted by atomic mass is 9.97. The molecule has 0 aliphatic carbocycles. The molecule has 0 spiro atoms. The molecule has 0 N–H and O–H groups in total. The largest absolute Gasteiger partial charge is 0.265 e. The van der Waals surface area contributed by atoms with E-state index in [0.717, 1.165) is 11.3 Å². The molecule has 0 aliphatic heterocycles. The number of rotatable bonds is 2. The second-order valence-corrected chi connectivity index (χ2v) is 4.71. The zero-order chi connectivity index (χ0) is 14.0. The third-order valence-electron chi connectivity index (χ3n) is 3.08. The highest BCUT2D eigenvalue weighted by Gasteiger charge is 2.09. The first kappa shape index (κ1) is 13.0. The maximum atomic E-state index is 8.80. The van der Waals surface area contributed by atoms with Crippen molar-refractivity contribution in [2.45, 2.75) is 20.8 Å². The minimum atomic E-state index is 0.550. The monoisotopic (exact) mass is 252 g/mol. The maximum absolute atomic E-state index is 8.80. The van der Waals surface area contributed by atoms with Gasteiger partial charge in [-0.05, 0) is 44.0 Å². The zero-order valence-corrected chi connectivity index (χ0v) is 11.6. The van der Waals surface area contributed by atoms with Gasteiger partial charge in [-0.25, -0.2) is 0 Å². The van der Waals surface area contributed by atoms with Crippen LogP contribution in [0.15, 0.2) is 24.3 Å². The number of nitriles is 1. The van der Waals surface area contributed by atoms with Gasteiger partial charge in [-0.3, -0.25) is 4.90 Å². The Morgan fingerprint density at radius 1 is 1.05 bits per heavy atom. The molecule has 4 nitrogen and oxygen atoms in total. The van der Waals surface area contributed by atoms with Crippen LogP contribution >= 0.6 is 0 Å². The number of aryl methyl sites for hydroxylation is 3. The molecule has 0 unspecified atom stereocenters. The number of hydrogen-bond acceptors (Lipinski definition) is 4. The van der Waals surface area contributed by atoms with Crippen LogP contribution < -0.4 is 4.90 Å². The van der Waals surface area contributed by atoms with Crippen LogP contribution in [-0.4, -0.2) is 17.2 Å². The van der Waals surface area contributed by atoms with Crippen molar-refractivity contribution in [3.63, 3.8) is 0 Å². The Bertz CT molecular complexity index is 615. The fraction of sp³-hybridized carbons (Fsp3) is 0.267. The van der Waals surface area contributed by atoms with E-state index in [4.69, 9.17) is 5.26 Å². The van der Waals surface area contributed by atoms with Crippen molar-refractivity contribution in [1.29, 1.82) is 5.26 Å². The van der Waals surface area contributed by atoms with Crippen molar-refractivity contribution in [2.75, 3.05) is 11.9 Å². The molecular weight excluding hydrogens is 236 g/mol. The Hall–Kier alpha value is -2.41. The van der Waals surface area contributed by atoms with Crippen LogP contribution in [0.5, 0.6) is 0 Å². The van der Waals surface area contributed by atoms with E-state index < -0.39 is 0 Å². The molecule has 0 bridgehead atoms. The summed E-state index contributed by atoms with van der Waals surface area (Å²) in [5, 5.41) is 17.1. The van der Waals surface area contributed by atoms with Crippen molar-refractivity contribution in [1.82, 2.24) is 10.2 Å². The first-order chi connectivity index (χ1) is 9.02. The van der Waals surface area contributed by atoms with Crippen LogP contribution in [0.1, 0.15) is 16.7 Å². The first-order valence-corrected chi connectivity index (χ1v) is 6.08. The summed E-state index contributed by atoms with van der Waals surface area (Å²) in [5.41, 5.74) is 5.57. The van der Waals surface area contributed by atoms with Gasteiger partial charge in [0.1, 0.15) is 0 Å². The molecule has 1 aromatic heterocycles. The first-order valence-electron chi connectivity index (χ1n) is 6.08. The smallest absolute Gasteiger partial charge is 0.185 e. The number of hydrogen-bond donors (Lipinski definition) is 0. The minimum absolute atomic E-state index is 0.550. The average Bonchev–Trinajstić information content (AvgIpc) is 2.37. The van der Waals surface area contributed by atoms with Crippen molar-refractivity contribution in [3.05, 3.63) is 41.0 Å². The van der Waals surface area contributed by atoms with E-state index in [1.165, 1.54) is 21.6 Å². The molecule has 0 saturated heterocycles. The lowest BCUT2D eigenvalue weighted by Gasteiger charge is -2.11. The fourth-order valence-corrected chi connectivity index (χ4v) is 2.27. The van der Waals surface area contributed by atoms with E-state index in [0.29, 0.717) is 5.82 Å². The molecular formula is C15H16N4. The van der Waals surface area contributed by atoms with Gasteiger partial charge in [-0.1, -0.05) is 17.7 Å². The van der Waals surface area contributed by atoms with Gasteiger partial charge >= 0.3 is 0 Å². The molecule has 1 aromatic carbocycles. The molecule has 0 radical (unpaired) electrons. The SMILES string of the molecule is Cc1cc(C)c(-c2ccc(N(C)C#N)nn2)c(C)c1. The molecule has 0 amide bonds. The van der Waals surface area contributed by atoms with Gasteiger partial charge in [-0.2, -0.15) is 5.26 Å². The molecule has 96 valence electrons. The maximum Gasteiger partial charge on any atom is 0.185 e. The van der Waals surface area contributed by atoms with Crippen molar-refractivity contribution < 1.29 is 0 Å². The Labute approximate surface area is 113 Å². The Kier molecular flexibility index (Phi) is 3.48. The van der Waals surface area contributed by atoms with Crippen molar-refractivity contribution >= 4 is 5.82 Å². The fourth-order valence-electron chi connectivity index (χ4n) is 2.27. The number of benzene rings is 1. The molecule has 0 aliphatic rings. The molecule has 2 rings (SSSR count). The van der Waals surface area contributed by atoms with E-state index in [9.17, 15) is 0 Å². The standard InChI is InChI=1S/C15H16N4/c1-10-7-11(2)15(12(3)8-10)13-5-6-14(18-17-13)19(4)9-16/h5-8H,1-4H3. The second-order valence-electron chi connectivity index (χ2n) is 4.71. The predicted molar refractivity (Wildman–Crippen MR) is 75.7 cm³/mol. The van der Waals surface area contributed by atoms with Gasteiger partial charge < -0.3 is 0 Å². The average molecular weight is 252 g/mol. The summed E-state index contributed by atoms with van der Waals surface area (Å²) in [6.45, 7) is 6.24. The third kappa shape index (κ3) is 2.55. The predicted octanol–water partition coefficient (Wildman–Crippen LogP) is 2.99. The van der Waals surface area contributed by atoms with Crippen molar-refractivity contribution in [3.8, 4) is 17.5 Å². The lowest BCUT2D eigenvalue weighted by Crippen LogP contribution is -2.10. The van der Waals surface area contributed by atoms with Crippen molar-refractivity contribution in [2.24, 2.45) is 0 Å². The second kappa shape index (κ2) is 5.07. The van der Waals surface area contributed by atoms with E-state index in [-0.39, 0.29) is 0 Å².